The molecule has 0 N–H and O–H groups in total. The molecule has 0 unspecified atom stereocenters. The van der Waals surface area contributed by atoms with Crippen molar-refractivity contribution in [3.63, 3.8) is 0 Å². The number of fused-ring (bicyclic) bond motifs is 1. The van der Waals surface area contributed by atoms with E-state index in [-0.39, 0.29) is 0 Å². The summed E-state index contributed by atoms with van der Waals surface area (Å²) in [6.07, 6.45) is 5.22. The highest BCUT2D eigenvalue weighted by atomic mass is 32.1. The van der Waals surface area contributed by atoms with Crippen LogP contribution < -0.4 is 0 Å². The zero-order chi connectivity index (χ0) is 15.5. The topological polar surface area (TPSA) is 28.6 Å². The van der Waals surface area contributed by atoms with Gasteiger partial charge >= 0.3 is 0 Å². The molecule has 0 radical (unpaired) electrons. The zero-order valence-electron chi connectivity index (χ0n) is 13.3. The van der Waals surface area contributed by atoms with Crippen LogP contribution in [0, 0.1) is 0 Å². The van der Waals surface area contributed by atoms with Crippen molar-refractivity contribution in [1.29, 1.82) is 0 Å². The van der Waals surface area contributed by atoms with E-state index < -0.39 is 0 Å². The Morgan fingerprint density at radius 2 is 2.22 bits per heavy atom. The molecule has 4 heterocycles. The number of nitrogens with zero attached hydrogens (tertiary/aromatic N) is 3. The standard InChI is InChI=1S/C18H23N3OS/c1-2-15(9-19-4-1)13-22-18-8-17-11-20(5-6-21(17)12-18)10-16-3-7-23-14-16/h1-4,7,9,14,17-18H,5-6,8,10-13H2/t17-,18-/m1/s1. The Morgan fingerprint density at radius 1 is 1.22 bits per heavy atom. The van der Waals surface area contributed by atoms with Crippen LogP contribution in [0.25, 0.3) is 0 Å². The molecule has 2 fully saturated rings. The Hall–Kier alpha value is -1.27. The summed E-state index contributed by atoms with van der Waals surface area (Å²) in [5.74, 6) is 0. The van der Waals surface area contributed by atoms with Crippen LogP contribution in [0.1, 0.15) is 17.5 Å². The quantitative estimate of drug-likeness (QED) is 0.843. The van der Waals surface area contributed by atoms with Crippen molar-refractivity contribution in [3.8, 4) is 0 Å². The Kier molecular flexibility index (Phi) is 4.71. The summed E-state index contributed by atoms with van der Waals surface area (Å²) in [5, 5.41) is 4.43. The van der Waals surface area contributed by atoms with Gasteiger partial charge in [0.1, 0.15) is 0 Å². The predicted octanol–water partition coefficient (Wildman–Crippen LogP) is 2.62. The van der Waals surface area contributed by atoms with Crippen molar-refractivity contribution < 1.29 is 4.74 Å². The van der Waals surface area contributed by atoms with Gasteiger partial charge in [0.25, 0.3) is 0 Å². The van der Waals surface area contributed by atoms with E-state index in [0.717, 1.165) is 25.1 Å². The second-order valence-electron chi connectivity index (χ2n) is 6.55. The van der Waals surface area contributed by atoms with E-state index >= 15 is 0 Å². The molecule has 2 saturated heterocycles. The van der Waals surface area contributed by atoms with Gasteiger partial charge in [-0.3, -0.25) is 14.8 Å². The SMILES string of the molecule is c1cncc(CO[C@@H]2C[C@@H]3CN(Cc4ccsc4)CCN3C2)c1. The lowest BCUT2D eigenvalue weighted by molar-refractivity contribution is 0.0457. The smallest absolute Gasteiger partial charge is 0.0736 e. The number of ether oxygens (including phenoxy) is 1. The van der Waals surface area contributed by atoms with E-state index in [9.17, 15) is 0 Å². The lowest BCUT2D eigenvalue weighted by atomic mass is 10.1. The van der Waals surface area contributed by atoms with E-state index in [4.69, 9.17) is 4.74 Å². The third-order valence-electron chi connectivity index (χ3n) is 4.86. The first-order valence-corrected chi connectivity index (χ1v) is 9.29. The van der Waals surface area contributed by atoms with E-state index in [0.29, 0.717) is 18.8 Å². The fourth-order valence-corrected chi connectivity index (χ4v) is 4.32. The Morgan fingerprint density at radius 3 is 3.04 bits per heavy atom. The number of rotatable bonds is 5. The molecule has 5 heteroatoms. The van der Waals surface area contributed by atoms with Gasteiger partial charge in [-0.05, 0) is 40.4 Å². The van der Waals surface area contributed by atoms with Gasteiger partial charge < -0.3 is 4.74 Å². The van der Waals surface area contributed by atoms with Gasteiger partial charge in [0.2, 0.25) is 0 Å². The number of hydrogen-bond donors (Lipinski definition) is 0. The van der Waals surface area contributed by atoms with Crippen molar-refractivity contribution in [3.05, 3.63) is 52.5 Å². The maximum atomic E-state index is 6.12. The number of pyridine rings is 1. The van der Waals surface area contributed by atoms with E-state index in [1.165, 1.54) is 25.2 Å². The highest BCUT2D eigenvalue weighted by molar-refractivity contribution is 7.07. The lowest BCUT2D eigenvalue weighted by Gasteiger charge is -2.37. The highest BCUT2D eigenvalue weighted by Gasteiger charge is 2.36. The highest BCUT2D eigenvalue weighted by Crippen LogP contribution is 2.25. The first-order chi connectivity index (χ1) is 11.4. The van der Waals surface area contributed by atoms with Crippen LogP contribution in [0.5, 0.6) is 0 Å². The summed E-state index contributed by atoms with van der Waals surface area (Å²) in [7, 11) is 0. The lowest BCUT2D eigenvalue weighted by Crippen LogP contribution is -2.49. The molecule has 2 aliphatic heterocycles. The van der Waals surface area contributed by atoms with Crippen LogP contribution in [0.3, 0.4) is 0 Å². The van der Waals surface area contributed by atoms with Crippen LogP contribution >= 0.6 is 11.3 Å². The third-order valence-corrected chi connectivity index (χ3v) is 5.59. The number of aromatic nitrogens is 1. The predicted molar refractivity (Wildman–Crippen MR) is 92.4 cm³/mol. The fourth-order valence-electron chi connectivity index (χ4n) is 3.66. The molecule has 0 saturated carbocycles. The maximum absolute atomic E-state index is 6.12. The van der Waals surface area contributed by atoms with Gasteiger partial charge in [0.15, 0.2) is 0 Å². The molecule has 23 heavy (non-hydrogen) atoms. The minimum atomic E-state index is 0.362. The second-order valence-corrected chi connectivity index (χ2v) is 7.33. The average Bonchev–Trinajstić information content (AvgIpc) is 3.23. The summed E-state index contributed by atoms with van der Waals surface area (Å²) < 4.78 is 6.12. The number of piperazine rings is 1. The molecule has 0 spiro atoms. The van der Waals surface area contributed by atoms with Crippen molar-refractivity contribution in [2.75, 3.05) is 26.2 Å². The Balaban J connectivity index is 1.27. The molecule has 0 amide bonds. The summed E-state index contributed by atoms with van der Waals surface area (Å²) in [5.41, 5.74) is 2.61. The minimum absolute atomic E-state index is 0.362. The molecule has 2 aromatic heterocycles. The Labute approximate surface area is 141 Å². The van der Waals surface area contributed by atoms with E-state index in [1.54, 1.807) is 17.5 Å². The Bertz CT molecular complexity index is 604. The summed E-state index contributed by atoms with van der Waals surface area (Å²) >= 11 is 1.79. The second kappa shape index (κ2) is 7.09. The molecule has 2 aliphatic rings. The monoisotopic (exact) mass is 329 g/mol. The third kappa shape index (κ3) is 3.80. The van der Waals surface area contributed by atoms with Crippen LogP contribution in [-0.2, 0) is 17.9 Å². The molecule has 2 atom stereocenters. The number of thiophene rings is 1. The van der Waals surface area contributed by atoms with Gasteiger partial charge in [0.05, 0.1) is 12.7 Å². The molecule has 122 valence electrons. The largest absolute Gasteiger partial charge is 0.372 e. The fraction of sp³-hybridized carbons (Fsp3) is 0.500. The van der Waals surface area contributed by atoms with Gasteiger partial charge in [-0.2, -0.15) is 11.3 Å². The first kappa shape index (κ1) is 15.3. The number of hydrogen-bond acceptors (Lipinski definition) is 5. The van der Waals surface area contributed by atoms with Crippen LogP contribution in [-0.4, -0.2) is 53.1 Å². The van der Waals surface area contributed by atoms with Crippen LogP contribution in [0.4, 0.5) is 0 Å². The summed E-state index contributed by atoms with van der Waals surface area (Å²) in [4.78, 5) is 9.35. The average molecular weight is 329 g/mol. The molecular formula is C18H23N3OS. The summed E-state index contributed by atoms with van der Waals surface area (Å²) in [6, 6.07) is 6.95. The van der Waals surface area contributed by atoms with Crippen molar-refractivity contribution in [1.82, 2.24) is 14.8 Å². The van der Waals surface area contributed by atoms with Crippen molar-refractivity contribution >= 4 is 11.3 Å². The molecular weight excluding hydrogens is 306 g/mol. The normalized spacial score (nSPS) is 25.6. The molecule has 0 aliphatic carbocycles. The molecule has 4 rings (SSSR count). The summed E-state index contributed by atoms with van der Waals surface area (Å²) in [6.45, 7) is 6.36. The van der Waals surface area contributed by atoms with Gasteiger partial charge in [-0.15, -0.1) is 0 Å². The van der Waals surface area contributed by atoms with E-state index in [1.807, 2.05) is 12.3 Å². The maximum Gasteiger partial charge on any atom is 0.0736 e. The van der Waals surface area contributed by atoms with Crippen molar-refractivity contribution in [2.45, 2.75) is 31.7 Å². The molecule has 2 aromatic rings. The van der Waals surface area contributed by atoms with E-state index in [2.05, 4.69) is 37.7 Å². The molecule has 4 nitrogen and oxygen atoms in total. The van der Waals surface area contributed by atoms with Gasteiger partial charge in [-0.1, -0.05) is 6.07 Å². The van der Waals surface area contributed by atoms with Gasteiger partial charge in [0, 0.05) is 51.2 Å². The van der Waals surface area contributed by atoms with Crippen LogP contribution in [0.2, 0.25) is 0 Å². The van der Waals surface area contributed by atoms with Crippen molar-refractivity contribution in [2.24, 2.45) is 0 Å². The zero-order valence-corrected chi connectivity index (χ0v) is 14.1. The van der Waals surface area contributed by atoms with Crippen LogP contribution in [0.15, 0.2) is 41.4 Å². The molecule has 0 bridgehead atoms. The minimum Gasteiger partial charge on any atom is -0.372 e. The molecule has 0 aromatic carbocycles. The van der Waals surface area contributed by atoms with Gasteiger partial charge in [-0.25, -0.2) is 0 Å². The first-order valence-electron chi connectivity index (χ1n) is 8.35.